The van der Waals surface area contributed by atoms with Gasteiger partial charge in [-0.05, 0) is 23.1 Å². The molecular formula is C16H27N3O2S. The first-order valence-corrected chi connectivity index (χ1v) is 9.31. The normalized spacial score (nSPS) is 17.6. The molecule has 0 spiro atoms. The molecule has 0 aliphatic carbocycles. The van der Waals surface area contributed by atoms with Crippen LogP contribution >= 0.6 is 0 Å². The molecule has 1 saturated heterocycles. The average molecular weight is 325 g/mol. The van der Waals surface area contributed by atoms with Gasteiger partial charge in [0.15, 0.2) is 0 Å². The van der Waals surface area contributed by atoms with Gasteiger partial charge in [0.25, 0.3) is 0 Å². The predicted molar refractivity (Wildman–Crippen MR) is 89.6 cm³/mol. The molecule has 1 fully saturated rings. The summed E-state index contributed by atoms with van der Waals surface area (Å²) >= 11 is 0. The Hall–Kier alpha value is -0.950. The van der Waals surface area contributed by atoms with Gasteiger partial charge in [-0.2, -0.15) is 0 Å². The second-order valence-corrected chi connectivity index (χ2v) is 8.53. The zero-order chi connectivity index (χ0) is 16.2. The van der Waals surface area contributed by atoms with Gasteiger partial charge in [0, 0.05) is 39.3 Å². The van der Waals surface area contributed by atoms with Gasteiger partial charge in [-0.3, -0.25) is 4.90 Å². The summed E-state index contributed by atoms with van der Waals surface area (Å²) in [6.07, 6.45) is 0. The van der Waals surface area contributed by atoms with Crippen LogP contribution in [-0.4, -0.2) is 52.6 Å². The van der Waals surface area contributed by atoms with Crippen LogP contribution in [0.5, 0.6) is 0 Å². The molecule has 1 aromatic carbocycles. The van der Waals surface area contributed by atoms with E-state index in [0.717, 1.165) is 38.3 Å². The van der Waals surface area contributed by atoms with Crippen molar-refractivity contribution in [3.05, 3.63) is 29.8 Å². The van der Waals surface area contributed by atoms with E-state index < -0.39 is 10.0 Å². The van der Waals surface area contributed by atoms with Crippen LogP contribution in [-0.2, 0) is 15.4 Å². The highest BCUT2D eigenvalue weighted by Gasteiger charge is 2.18. The van der Waals surface area contributed by atoms with Crippen LogP contribution in [0.4, 0.5) is 0 Å². The summed E-state index contributed by atoms with van der Waals surface area (Å²) in [7, 11) is -3.42. The van der Waals surface area contributed by atoms with Gasteiger partial charge in [-0.1, -0.05) is 32.9 Å². The third-order valence-corrected chi connectivity index (χ3v) is 5.44. The van der Waals surface area contributed by atoms with Crippen molar-refractivity contribution in [1.82, 2.24) is 14.9 Å². The Morgan fingerprint density at radius 1 is 1.14 bits per heavy atom. The number of benzene rings is 1. The maximum Gasteiger partial charge on any atom is 0.240 e. The second-order valence-electron chi connectivity index (χ2n) is 6.76. The van der Waals surface area contributed by atoms with Gasteiger partial charge in [0.1, 0.15) is 0 Å². The zero-order valence-corrected chi connectivity index (χ0v) is 14.5. The van der Waals surface area contributed by atoms with Crippen molar-refractivity contribution >= 4 is 10.0 Å². The number of hydrogen-bond donors (Lipinski definition) is 2. The van der Waals surface area contributed by atoms with E-state index in [2.05, 4.69) is 35.7 Å². The molecular weight excluding hydrogens is 298 g/mol. The first kappa shape index (κ1) is 17.4. The number of rotatable bonds is 5. The van der Waals surface area contributed by atoms with Crippen LogP contribution < -0.4 is 10.0 Å². The Morgan fingerprint density at radius 3 is 2.27 bits per heavy atom. The minimum absolute atomic E-state index is 0.0258. The minimum Gasteiger partial charge on any atom is -0.314 e. The third-order valence-electron chi connectivity index (χ3n) is 3.96. The molecule has 2 N–H and O–H groups in total. The molecule has 1 aliphatic rings. The van der Waals surface area contributed by atoms with Crippen LogP contribution in [0, 0.1) is 0 Å². The lowest BCUT2D eigenvalue weighted by Gasteiger charge is -2.27. The Kier molecular flexibility index (Phi) is 5.60. The summed E-state index contributed by atoms with van der Waals surface area (Å²) in [4.78, 5) is 2.60. The van der Waals surface area contributed by atoms with Crippen molar-refractivity contribution in [3.8, 4) is 0 Å². The Balaban J connectivity index is 1.92. The molecule has 0 atom stereocenters. The van der Waals surface area contributed by atoms with Crippen molar-refractivity contribution in [3.63, 3.8) is 0 Å². The summed E-state index contributed by atoms with van der Waals surface area (Å²) in [5, 5.41) is 3.28. The van der Waals surface area contributed by atoms with Crippen molar-refractivity contribution < 1.29 is 8.42 Å². The van der Waals surface area contributed by atoms with E-state index in [1.807, 2.05) is 12.1 Å². The van der Waals surface area contributed by atoms with Crippen LogP contribution in [0.1, 0.15) is 26.3 Å². The number of nitrogens with one attached hydrogen (secondary N) is 2. The number of piperazine rings is 1. The number of nitrogens with zero attached hydrogens (tertiary/aromatic N) is 1. The second kappa shape index (κ2) is 7.08. The highest BCUT2D eigenvalue weighted by molar-refractivity contribution is 7.89. The topological polar surface area (TPSA) is 61.4 Å². The Morgan fingerprint density at radius 2 is 1.73 bits per heavy atom. The third kappa shape index (κ3) is 4.78. The number of sulfonamides is 1. The van der Waals surface area contributed by atoms with Gasteiger partial charge in [-0.25, -0.2) is 13.1 Å². The van der Waals surface area contributed by atoms with E-state index in [9.17, 15) is 8.42 Å². The van der Waals surface area contributed by atoms with Gasteiger partial charge in [0.2, 0.25) is 10.0 Å². The molecule has 0 radical (unpaired) electrons. The molecule has 0 aromatic heterocycles. The van der Waals surface area contributed by atoms with E-state index in [-0.39, 0.29) is 5.41 Å². The fourth-order valence-corrected chi connectivity index (χ4v) is 3.51. The molecule has 0 bridgehead atoms. The highest BCUT2D eigenvalue weighted by Crippen LogP contribution is 2.23. The Bertz CT molecular complexity index is 570. The largest absolute Gasteiger partial charge is 0.314 e. The maximum absolute atomic E-state index is 12.3. The van der Waals surface area contributed by atoms with Crippen LogP contribution in [0.25, 0.3) is 0 Å². The van der Waals surface area contributed by atoms with Crippen molar-refractivity contribution in [2.75, 3.05) is 39.3 Å². The molecule has 0 amide bonds. The summed E-state index contributed by atoms with van der Waals surface area (Å²) < 4.78 is 27.3. The van der Waals surface area contributed by atoms with E-state index >= 15 is 0 Å². The van der Waals surface area contributed by atoms with E-state index in [4.69, 9.17) is 0 Å². The van der Waals surface area contributed by atoms with E-state index in [1.165, 1.54) is 0 Å². The first-order chi connectivity index (χ1) is 10.3. The number of hydrogen-bond acceptors (Lipinski definition) is 4. The van der Waals surface area contributed by atoms with Crippen molar-refractivity contribution in [2.24, 2.45) is 0 Å². The van der Waals surface area contributed by atoms with E-state index in [0.29, 0.717) is 11.4 Å². The van der Waals surface area contributed by atoms with Gasteiger partial charge in [0.05, 0.1) is 4.90 Å². The standard InChI is InChI=1S/C16H27N3O2S/c1-16(2,3)14-4-6-15(7-5-14)22(20,21)18-10-13-19-11-8-17-9-12-19/h4-7,17-18H,8-13H2,1-3H3. The summed E-state index contributed by atoms with van der Waals surface area (Å²) in [6, 6.07) is 7.16. The molecule has 1 heterocycles. The monoisotopic (exact) mass is 325 g/mol. The van der Waals surface area contributed by atoms with Crippen molar-refractivity contribution in [1.29, 1.82) is 0 Å². The maximum atomic E-state index is 12.3. The fourth-order valence-electron chi connectivity index (χ4n) is 2.49. The van der Waals surface area contributed by atoms with Crippen LogP contribution in [0.3, 0.4) is 0 Å². The van der Waals surface area contributed by atoms with Crippen molar-refractivity contribution in [2.45, 2.75) is 31.1 Å². The quantitative estimate of drug-likeness (QED) is 0.853. The van der Waals surface area contributed by atoms with Gasteiger partial charge >= 0.3 is 0 Å². The van der Waals surface area contributed by atoms with Crippen LogP contribution in [0.2, 0.25) is 0 Å². The lowest BCUT2D eigenvalue weighted by Crippen LogP contribution is -2.46. The lowest BCUT2D eigenvalue weighted by atomic mass is 9.87. The predicted octanol–water partition coefficient (Wildman–Crippen LogP) is 1.17. The fraction of sp³-hybridized carbons (Fsp3) is 0.625. The average Bonchev–Trinajstić information content (AvgIpc) is 2.47. The zero-order valence-electron chi connectivity index (χ0n) is 13.7. The van der Waals surface area contributed by atoms with Gasteiger partial charge < -0.3 is 5.32 Å². The molecule has 2 rings (SSSR count). The smallest absolute Gasteiger partial charge is 0.240 e. The molecule has 6 heteroatoms. The lowest BCUT2D eigenvalue weighted by molar-refractivity contribution is 0.245. The molecule has 22 heavy (non-hydrogen) atoms. The molecule has 124 valence electrons. The van der Waals surface area contributed by atoms with Gasteiger partial charge in [-0.15, -0.1) is 0 Å². The molecule has 0 unspecified atom stereocenters. The molecule has 5 nitrogen and oxygen atoms in total. The van der Waals surface area contributed by atoms with Crippen LogP contribution in [0.15, 0.2) is 29.2 Å². The summed E-state index contributed by atoms with van der Waals surface area (Å²) in [5.74, 6) is 0. The molecule has 1 aromatic rings. The Labute approximate surface area is 134 Å². The summed E-state index contributed by atoms with van der Waals surface area (Å²) in [6.45, 7) is 11.4. The summed E-state index contributed by atoms with van der Waals surface area (Å²) in [5.41, 5.74) is 1.16. The molecule has 1 aliphatic heterocycles. The van der Waals surface area contributed by atoms with E-state index in [1.54, 1.807) is 12.1 Å². The molecule has 0 saturated carbocycles. The minimum atomic E-state index is -3.42. The first-order valence-electron chi connectivity index (χ1n) is 7.82. The SMILES string of the molecule is CC(C)(C)c1ccc(S(=O)(=O)NCCN2CCNCC2)cc1. The highest BCUT2D eigenvalue weighted by atomic mass is 32.2.